The van der Waals surface area contributed by atoms with E-state index in [1.165, 1.54) is 0 Å². The molecule has 3 aromatic heterocycles. The molecule has 156 valence electrons. The molecule has 1 fully saturated rings. The summed E-state index contributed by atoms with van der Waals surface area (Å²) in [5, 5.41) is 8.53. The molecular formula is C22H27N7O. The van der Waals surface area contributed by atoms with Gasteiger partial charge >= 0.3 is 0 Å². The first kappa shape index (κ1) is 20.2. The van der Waals surface area contributed by atoms with Crippen molar-refractivity contribution >= 4 is 16.6 Å². The van der Waals surface area contributed by atoms with Crippen molar-refractivity contribution in [1.29, 1.82) is 0 Å². The highest BCUT2D eigenvalue weighted by atomic mass is 16.1. The van der Waals surface area contributed by atoms with E-state index >= 15 is 0 Å². The minimum atomic E-state index is 0.0158. The zero-order chi connectivity index (χ0) is 21.3. The number of nitrogens with zero attached hydrogens (tertiary/aromatic N) is 6. The van der Waals surface area contributed by atoms with E-state index in [0.29, 0.717) is 16.7 Å². The molecule has 8 heteroatoms. The fourth-order valence-corrected chi connectivity index (χ4v) is 3.92. The van der Waals surface area contributed by atoms with Gasteiger partial charge in [0, 0.05) is 11.6 Å². The molecule has 0 amide bonds. The van der Waals surface area contributed by atoms with Gasteiger partial charge in [0.2, 0.25) is 0 Å². The monoisotopic (exact) mass is 405 g/mol. The zero-order valence-electron chi connectivity index (χ0n) is 17.9. The van der Waals surface area contributed by atoms with E-state index in [2.05, 4.69) is 25.4 Å². The van der Waals surface area contributed by atoms with Crippen LogP contribution in [0.25, 0.3) is 27.9 Å². The van der Waals surface area contributed by atoms with Crippen molar-refractivity contribution in [3.05, 3.63) is 52.5 Å². The van der Waals surface area contributed by atoms with Crippen molar-refractivity contribution in [3.63, 3.8) is 0 Å². The van der Waals surface area contributed by atoms with E-state index < -0.39 is 0 Å². The predicted molar refractivity (Wildman–Crippen MR) is 118 cm³/mol. The van der Waals surface area contributed by atoms with Gasteiger partial charge in [-0.3, -0.25) is 14.3 Å². The van der Waals surface area contributed by atoms with E-state index in [-0.39, 0.29) is 11.6 Å². The highest BCUT2D eigenvalue weighted by Crippen LogP contribution is 2.22. The molecule has 0 aliphatic carbocycles. The topological polar surface area (TPSA) is 90.0 Å². The summed E-state index contributed by atoms with van der Waals surface area (Å²) in [5.41, 5.74) is 3.97. The molecule has 30 heavy (non-hydrogen) atoms. The van der Waals surface area contributed by atoms with Gasteiger partial charge in [-0.05, 0) is 51.9 Å². The second-order valence-electron chi connectivity index (χ2n) is 7.34. The SMILES string of the molecule is CC.Cc1cn2nc(-c3ccc4c(=O)n(C5CCNCC5)cnc4c3)nc2c(C)n1. The Morgan fingerprint density at radius 3 is 2.63 bits per heavy atom. The number of hydrogen-bond donors (Lipinski definition) is 1. The number of hydrogen-bond acceptors (Lipinski definition) is 6. The normalized spacial score (nSPS) is 14.7. The molecular weight excluding hydrogens is 378 g/mol. The van der Waals surface area contributed by atoms with E-state index in [1.807, 2.05) is 52.1 Å². The summed E-state index contributed by atoms with van der Waals surface area (Å²) in [5.74, 6) is 0.599. The lowest BCUT2D eigenvalue weighted by Gasteiger charge is -2.24. The number of piperidine rings is 1. The maximum absolute atomic E-state index is 13.0. The Hall–Kier alpha value is -3.13. The van der Waals surface area contributed by atoms with E-state index in [9.17, 15) is 4.79 Å². The Labute approximate surface area is 175 Å². The highest BCUT2D eigenvalue weighted by Gasteiger charge is 2.18. The van der Waals surface area contributed by atoms with Crippen molar-refractivity contribution in [2.24, 2.45) is 0 Å². The van der Waals surface area contributed by atoms with E-state index in [0.717, 1.165) is 48.5 Å². The Morgan fingerprint density at radius 1 is 1.10 bits per heavy atom. The van der Waals surface area contributed by atoms with Crippen LogP contribution in [-0.4, -0.2) is 42.2 Å². The second-order valence-corrected chi connectivity index (χ2v) is 7.34. The van der Waals surface area contributed by atoms with Gasteiger partial charge in [0.15, 0.2) is 11.5 Å². The van der Waals surface area contributed by atoms with Crippen molar-refractivity contribution in [2.75, 3.05) is 13.1 Å². The van der Waals surface area contributed by atoms with Crippen molar-refractivity contribution in [2.45, 2.75) is 46.6 Å². The number of nitrogens with one attached hydrogen (secondary N) is 1. The molecule has 1 aliphatic rings. The molecule has 0 atom stereocenters. The Morgan fingerprint density at radius 2 is 1.87 bits per heavy atom. The average molecular weight is 406 g/mol. The van der Waals surface area contributed by atoms with Crippen LogP contribution in [0.3, 0.4) is 0 Å². The third kappa shape index (κ3) is 3.59. The molecule has 4 aromatic rings. The van der Waals surface area contributed by atoms with Gasteiger partial charge in [-0.1, -0.05) is 19.9 Å². The maximum atomic E-state index is 13.0. The minimum Gasteiger partial charge on any atom is -0.317 e. The van der Waals surface area contributed by atoms with Gasteiger partial charge in [-0.2, -0.15) is 0 Å². The number of rotatable bonds is 2. The van der Waals surface area contributed by atoms with E-state index in [4.69, 9.17) is 0 Å². The summed E-state index contributed by atoms with van der Waals surface area (Å²) < 4.78 is 3.53. The summed E-state index contributed by atoms with van der Waals surface area (Å²) in [7, 11) is 0. The van der Waals surface area contributed by atoms with Crippen LogP contribution >= 0.6 is 0 Å². The number of aryl methyl sites for hydroxylation is 2. The lowest BCUT2D eigenvalue weighted by Crippen LogP contribution is -2.34. The molecule has 8 nitrogen and oxygen atoms in total. The molecule has 4 heterocycles. The van der Waals surface area contributed by atoms with Gasteiger partial charge in [-0.25, -0.2) is 14.5 Å². The summed E-state index contributed by atoms with van der Waals surface area (Å²) in [4.78, 5) is 26.6. The lowest BCUT2D eigenvalue weighted by atomic mass is 10.1. The van der Waals surface area contributed by atoms with Crippen LogP contribution in [0, 0.1) is 13.8 Å². The Balaban J connectivity index is 0.00000106. The fourth-order valence-electron chi connectivity index (χ4n) is 3.92. The standard InChI is InChI=1S/C20H21N7O.C2H6/c1-12-10-27-19(13(2)23-12)24-18(25-27)14-3-4-16-17(9-14)22-11-26(20(16)28)15-5-7-21-8-6-15;1-2/h3-4,9-11,15,21H,5-8H2,1-2H3;1-2H3. The Bertz CT molecular complexity index is 1250. The summed E-state index contributed by atoms with van der Waals surface area (Å²) in [6.07, 6.45) is 5.43. The van der Waals surface area contributed by atoms with Crippen molar-refractivity contribution < 1.29 is 0 Å². The molecule has 0 bridgehead atoms. The molecule has 1 N–H and O–H groups in total. The van der Waals surface area contributed by atoms with Crippen molar-refractivity contribution in [1.82, 2.24) is 34.4 Å². The minimum absolute atomic E-state index is 0.0158. The van der Waals surface area contributed by atoms with Crippen LogP contribution < -0.4 is 10.9 Å². The summed E-state index contributed by atoms with van der Waals surface area (Å²) in [6.45, 7) is 9.72. The predicted octanol–water partition coefficient (Wildman–Crippen LogP) is 3.07. The molecule has 0 radical (unpaired) electrons. The Kier molecular flexibility index (Phi) is 5.59. The van der Waals surface area contributed by atoms with Gasteiger partial charge in [0.25, 0.3) is 5.56 Å². The average Bonchev–Trinajstić information content (AvgIpc) is 3.20. The van der Waals surface area contributed by atoms with E-state index in [1.54, 1.807) is 15.4 Å². The molecule has 0 spiro atoms. The smallest absolute Gasteiger partial charge is 0.261 e. The van der Waals surface area contributed by atoms with Crippen LogP contribution in [0.5, 0.6) is 0 Å². The highest BCUT2D eigenvalue weighted by molar-refractivity contribution is 5.82. The zero-order valence-corrected chi connectivity index (χ0v) is 17.9. The molecule has 1 saturated heterocycles. The van der Waals surface area contributed by atoms with Gasteiger partial charge in [0.1, 0.15) is 0 Å². The van der Waals surface area contributed by atoms with Gasteiger partial charge in [0.05, 0.1) is 34.8 Å². The van der Waals surface area contributed by atoms with Crippen LogP contribution in [0.4, 0.5) is 0 Å². The number of aromatic nitrogens is 6. The molecule has 1 aromatic carbocycles. The maximum Gasteiger partial charge on any atom is 0.261 e. The van der Waals surface area contributed by atoms with Crippen molar-refractivity contribution in [3.8, 4) is 11.4 Å². The first-order valence-electron chi connectivity index (χ1n) is 10.5. The molecule has 0 unspecified atom stereocenters. The number of fused-ring (bicyclic) bond motifs is 2. The first-order valence-corrected chi connectivity index (χ1v) is 10.5. The largest absolute Gasteiger partial charge is 0.317 e. The third-order valence-electron chi connectivity index (χ3n) is 5.35. The van der Waals surface area contributed by atoms with Gasteiger partial charge in [-0.15, -0.1) is 5.10 Å². The fraction of sp³-hybridized carbons (Fsp3) is 0.409. The van der Waals surface area contributed by atoms with Crippen LogP contribution in [0.1, 0.15) is 44.1 Å². The quantitative estimate of drug-likeness (QED) is 0.551. The second kappa shape index (κ2) is 8.31. The van der Waals surface area contributed by atoms with Crippen LogP contribution in [0.2, 0.25) is 0 Å². The van der Waals surface area contributed by atoms with Gasteiger partial charge < -0.3 is 5.32 Å². The molecule has 5 rings (SSSR count). The molecule has 0 saturated carbocycles. The van der Waals surface area contributed by atoms with Crippen LogP contribution in [0.15, 0.2) is 35.5 Å². The number of benzene rings is 1. The summed E-state index contributed by atoms with van der Waals surface area (Å²) in [6, 6.07) is 5.82. The summed E-state index contributed by atoms with van der Waals surface area (Å²) >= 11 is 0. The first-order chi connectivity index (χ1) is 14.6. The van der Waals surface area contributed by atoms with Crippen LogP contribution in [-0.2, 0) is 0 Å². The lowest BCUT2D eigenvalue weighted by molar-refractivity contribution is 0.359. The molecule has 1 aliphatic heterocycles. The third-order valence-corrected chi connectivity index (χ3v) is 5.35.